The molecule has 0 aliphatic carbocycles. The van der Waals surface area contributed by atoms with Gasteiger partial charge in [0.15, 0.2) is 6.29 Å². The molecular formula is C19H18N2O. The number of para-hydroxylation sites is 1. The lowest BCUT2D eigenvalue weighted by Crippen LogP contribution is -2.32. The Morgan fingerprint density at radius 2 is 1.77 bits per heavy atom. The second kappa shape index (κ2) is 5.43. The normalized spacial score (nSPS) is 14.9. The molecule has 0 unspecified atom stereocenters. The van der Waals surface area contributed by atoms with Crippen molar-refractivity contribution < 1.29 is 4.79 Å². The van der Waals surface area contributed by atoms with E-state index in [9.17, 15) is 4.79 Å². The van der Waals surface area contributed by atoms with Crippen LogP contribution < -0.4 is 0 Å². The zero-order valence-corrected chi connectivity index (χ0v) is 12.4. The van der Waals surface area contributed by atoms with Crippen LogP contribution in [-0.2, 0) is 19.6 Å². The van der Waals surface area contributed by atoms with Crippen LogP contribution in [0.25, 0.3) is 10.9 Å². The van der Waals surface area contributed by atoms with Crippen LogP contribution in [-0.4, -0.2) is 22.3 Å². The van der Waals surface area contributed by atoms with Gasteiger partial charge in [-0.25, -0.2) is 0 Å². The topological polar surface area (TPSA) is 25.2 Å². The molecule has 2 heterocycles. The molecule has 3 nitrogen and oxygen atoms in total. The van der Waals surface area contributed by atoms with Gasteiger partial charge in [0.2, 0.25) is 0 Å². The van der Waals surface area contributed by atoms with Crippen molar-refractivity contribution in [3.8, 4) is 0 Å². The lowest BCUT2D eigenvalue weighted by atomic mass is 10.0. The molecule has 22 heavy (non-hydrogen) atoms. The Morgan fingerprint density at radius 3 is 2.64 bits per heavy atom. The molecule has 110 valence electrons. The van der Waals surface area contributed by atoms with E-state index >= 15 is 0 Å². The number of carbonyl (C=O) groups is 1. The predicted molar refractivity (Wildman–Crippen MR) is 87.9 cm³/mol. The van der Waals surface area contributed by atoms with E-state index in [4.69, 9.17) is 0 Å². The van der Waals surface area contributed by atoms with E-state index in [-0.39, 0.29) is 0 Å². The maximum atomic E-state index is 11.3. The highest BCUT2D eigenvalue weighted by molar-refractivity contribution is 5.97. The molecule has 0 fully saturated rings. The Kier molecular flexibility index (Phi) is 3.28. The Labute approximate surface area is 129 Å². The summed E-state index contributed by atoms with van der Waals surface area (Å²) in [5.74, 6) is 0. The van der Waals surface area contributed by atoms with Gasteiger partial charge in [0.05, 0.1) is 6.67 Å². The van der Waals surface area contributed by atoms with Crippen LogP contribution in [0.3, 0.4) is 0 Å². The Bertz CT molecular complexity index is 834. The molecule has 2 aromatic carbocycles. The van der Waals surface area contributed by atoms with Gasteiger partial charge in [0, 0.05) is 35.8 Å². The summed E-state index contributed by atoms with van der Waals surface area (Å²) in [6, 6.07) is 16.8. The summed E-state index contributed by atoms with van der Waals surface area (Å²) in [7, 11) is 0. The van der Waals surface area contributed by atoms with Crippen molar-refractivity contribution >= 4 is 17.2 Å². The van der Waals surface area contributed by atoms with Gasteiger partial charge < -0.3 is 4.57 Å². The van der Waals surface area contributed by atoms with Crippen molar-refractivity contribution in [3.05, 3.63) is 71.4 Å². The van der Waals surface area contributed by atoms with Gasteiger partial charge in [-0.05, 0) is 23.6 Å². The molecule has 3 aromatic rings. The Morgan fingerprint density at radius 1 is 1.00 bits per heavy atom. The number of hydrogen-bond acceptors (Lipinski definition) is 2. The maximum Gasteiger partial charge on any atom is 0.152 e. The third-order valence-electron chi connectivity index (χ3n) is 4.51. The van der Waals surface area contributed by atoms with Crippen molar-refractivity contribution in [1.29, 1.82) is 0 Å². The number of aromatic nitrogens is 1. The fraction of sp³-hybridized carbons (Fsp3) is 0.211. The molecule has 0 atom stereocenters. The molecule has 0 saturated carbocycles. The largest absolute Gasteiger partial charge is 0.333 e. The summed E-state index contributed by atoms with van der Waals surface area (Å²) in [5, 5.41) is 1.04. The van der Waals surface area contributed by atoms with Crippen LogP contribution in [0.1, 0.15) is 21.5 Å². The van der Waals surface area contributed by atoms with Crippen LogP contribution in [0.5, 0.6) is 0 Å². The SMILES string of the molecule is O=Cc1cn(CN2CCc3ccccc3C2)c2ccccc12. The first kappa shape index (κ1) is 13.3. The van der Waals surface area contributed by atoms with E-state index in [2.05, 4.69) is 39.8 Å². The maximum absolute atomic E-state index is 11.3. The number of fused-ring (bicyclic) bond motifs is 2. The lowest BCUT2D eigenvalue weighted by Gasteiger charge is -2.29. The molecule has 3 heteroatoms. The van der Waals surface area contributed by atoms with Crippen LogP contribution in [0.4, 0.5) is 0 Å². The summed E-state index contributed by atoms with van der Waals surface area (Å²) in [4.78, 5) is 13.7. The second-order valence-electron chi connectivity index (χ2n) is 5.90. The first-order valence-corrected chi connectivity index (χ1v) is 7.67. The lowest BCUT2D eigenvalue weighted by molar-refractivity contribution is 0.112. The zero-order chi connectivity index (χ0) is 14.9. The molecule has 1 aliphatic heterocycles. The van der Waals surface area contributed by atoms with Gasteiger partial charge in [-0.2, -0.15) is 0 Å². The molecule has 4 rings (SSSR count). The number of nitrogens with zero attached hydrogens (tertiary/aromatic N) is 2. The summed E-state index contributed by atoms with van der Waals surface area (Å²) in [6.07, 6.45) is 4.01. The van der Waals surface area contributed by atoms with Crippen molar-refractivity contribution in [2.24, 2.45) is 0 Å². The van der Waals surface area contributed by atoms with E-state index < -0.39 is 0 Å². The van der Waals surface area contributed by atoms with E-state index in [1.807, 2.05) is 24.4 Å². The fourth-order valence-electron chi connectivity index (χ4n) is 3.38. The number of hydrogen-bond donors (Lipinski definition) is 0. The van der Waals surface area contributed by atoms with Crippen molar-refractivity contribution in [2.45, 2.75) is 19.6 Å². The minimum Gasteiger partial charge on any atom is -0.333 e. The molecule has 0 saturated heterocycles. The summed E-state index contributed by atoms with van der Waals surface area (Å²) < 4.78 is 2.19. The summed E-state index contributed by atoms with van der Waals surface area (Å²) in [6.45, 7) is 2.85. The van der Waals surface area contributed by atoms with Gasteiger partial charge in [0.1, 0.15) is 0 Å². The van der Waals surface area contributed by atoms with Crippen LogP contribution >= 0.6 is 0 Å². The minimum absolute atomic E-state index is 0.771. The highest BCUT2D eigenvalue weighted by atomic mass is 16.1. The van der Waals surface area contributed by atoms with Gasteiger partial charge in [-0.3, -0.25) is 9.69 Å². The van der Waals surface area contributed by atoms with Gasteiger partial charge in [-0.15, -0.1) is 0 Å². The fourth-order valence-corrected chi connectivity index (χ4v) is 3.38. The standard InChI is InChI=1S/C19H18N2O/c22-13-17-12-21(19-8-4-3-7-18(17)19)14-20-10-9-15-5-1-2-6-16(15)11-20/h1-8,12-13H,9-11,14H2. The van der Waals surface area contributed by atoms with E-state index in [0.29, 0.717) is 0 Å². The molecule has 0 amide bonds. The molecule has 1 aromatic heterocycles. The summed E-state index contributed by atoms with van der Waals surface area (Å²) in [5.41, 5.74) is 4.78. The molecule has 1 aliphatic rings. The summed E-state index contributed by atoms with van der Waals surface area (Å²) >= 11 is 0. The number of carbonyl (C=O) groups excluding carboxylic acids is 1. The van der Waals surface area contributed by atoms with Crippen molar-refractivity contribution in [3.63, 3.8) is 0 Å². The second-order valence-corrected chi connectivity index (χ2v) is 5.90. The number of rotatable bonds is 3. The Balaban J connectivity index is 1.64. The first-order valence-electron chi connectivity index (χ1n) is 7.67. The number of aldehydes is 1. The van der Waals surface area contributed by atoms with Gasteiger partial charge >= 0.3 is 0 Å². The monoisotopic (exact) mass is 290 g/mol. The third kappa shape index (κ3) is 2.24. The molecular weight excluding hydrogens is 272 g/mol. The van der Waals surface area contributed by atoms with Gasteiger partial charge in [0.25, 0.3) is 0 Å². The van der Waals surface area contributed by atoms with Crippen LogP contribution in [0.15, 0.2) is 54.7 Å². The smallest absolute Gasteiger partial charge is 0.152 e. The van der Waals surface area contributed by atoms with E-state index in [0.717, 1.165) is 48.9 Å². The highest BCUT2D eigenvalue weighted by Gasteiger charge is 2.17. The average molecular weight is 290 g/mol. The average Bonchev–Trinajstić information content (AvgIpc) is 2.93. The molecule has 0 radical (unpaired) electrons. The van der Waals surface area contributed by atoms with E-state index in [1.54, 1.807) is 0 Å². The molecule has 0 N–H and O–H groups in total. The van der Waals surface area contributed by atoms with E-state index in [1.165, 1.54) is 11.1 Å². The first-order chi connectivity index (χ1) is 10.8. The van der Waals surface area contributed by atoms with Crippen molar-refractivity contribution in [1.82, 2.24) is 9.47 Å². The van der Waals surface area contributed by atoms with Gasteiger partial charge in [-0.1, -0.05) is 42.5 Å². The number of benzene rings is 2. The zero-order valence-electron chi connectivity index (χ0n) is 12.4. The quantitative estimate of drug-likeness (QED) is 0.690. The molecule has 0 spiro atoms. The van der Waals surface area contributed by atoms with Crippen LogP contribution in [0.2, 0.25) is 0 Å². The van der Waals surface area contributed by atoms with Crippen molar-refractivity contribution in [2.75, 3.05) is 6.54 Å². The molecule has 0 bridgehead atoms. The Hall–Kier alpha value is -2.39. The highest BCUT2D eigenvalue weighted by Crippen LogP contribution is 2.23. The minimum atomic E-state index is 0.771. The van der Waals surface area contributed by atoms with Crippen LogP contribution in [0, 0.1) is 0 Å². The predicted octanol–water partition coefficient (Wildman–Crippen LogP) is 3.47. The third-order valence-corrected chi connectivity index (χ3v) is 4.51.